The number of anilines is 5. The fourth-order valence-electron chi connectivity index (χ4n) is 16.3. The minimum atomic E-state index is -0.201. The molecule has 0 N–H and O–H groups in total. The summed E-state index contributed by atoms with van der Waals surface area (Å²) in [7, 11) is 0. The largest absolute Gasteiger partial charge is 0.313 e. The standard InChI is InChI=1S/C81H68N2/c1-77(2)69-33-21-17-27-58(69)65-46-52(38-43-70(65)77)82(53-36-41-59-56-25-15-19-31-67(56)78(3,4)73(59)47-53)75-61-28-13-14-29-62(61)76(66-45-51(35-40-63(66)75)50-23-11-10-12-24-50)83(54-37-42-60-57-26-16-20-32-68(57)79(5,6)74(60)48-54)55-39-44-72-64-30-18-22-34-71(64)80(7,8)81(72,9)49-55/h10-48H,49H2,1-9H3. The van der Waals surface area contributed by atoms with Gasteiger partial charge in [-0.15, -0.1) is 0 Å². The van der Waals surface area contributed by atoms with Gasteiger partial charge in [0.1, 0.15) is 0 Å². The lowest BCUT2D eigenvalue weighted by Gasteiger charge is -2.45. The molecule has 0 heterocycles. The van der Waals surface area contributed by atoms with Crippen molar-refractivity contribution in [2.24, 2.45) is 5.41 Å². The average molecular weight is 1070 g/mol. The summed E-state index contributed by atoms with van der Waals surface area (Å²) in [5, 5.41) is 4.78. The molecule has 0 fully saturated rings. The van der Waals surface area contributed by atoms with Gasteiger partial charge in [-0.25, -0.2) is 0 Å². The van der Waals surface area contributed by atoms with Gasteiger partial charge >= 0.3 is 0 Å². The van der Waals surface area contributed by atoms with Crippen LogP contribution in [0.2, 0.25) is 0 Å². The molecule has 0 aromatic heterocycles. The number of hydrogen-bond acceptors (Lipinski definition) is 2. The Morgan fingerprint density at radius 2 is 0.723 bits per heavy atom. The fourth-order valence-corrected chi connectivity index (χ4v) is 16.3. The Labute approximate surface area is 489 Å². The second-order valence-electron chi connectivity index (χ2n) is 26.7. The Bertz CT molecular complexity index is 4670. The van der Waals surface area contributed by atoms with Gasteiger partial charge in [0.05, 0.1) is 11.4 Å². The maximum Gasteiger partial charge on any atom is 0.0620 e. The molecule has 0 aliphatic heterocycles. The van der Waals surface area contributed by atoms with Gasteiger partial charge in [-0.2, -0.15) is 0 Å². The molecule has 5 aliphatic carbocycles. The van der Waals surface area contributed by atoms with Crippen LogP contribution in [0.15, 0.2) is 242 Å². The number of fused-ring (bicyclic) bond motifs is 14. The molecule has 0 saturated heterocycles. The third-order valence-corrected chi connectivity index (χ3v) is 21.1. The first-order chi connectivity index (χ1) is 40.1. The van der Waals surface area contributed by atoms with Crippen molar-refractivity contribution in [3.8, 4) is 44.5 Å². The molecular formula is C81H68N2. The molecule has 1 atom stereocenters. The Morgan fingerprint density at radius 3 is 1.33 bits per heavy atom. The number of allylic oxidation sites excluding steroid dienone is 4. The van der Waals surface area contributed by atoms with Gasteiger partial charge in [0.2, 0.25) is 0 Å². The second kappa shape index (κ2) is 17.3. The van der Waals surface area contributed by atoms with Gasteiger partial charge in [0.15, 0.2) is 0 Å². The van der Waals surface area contributed by atoms with E-state index in [1.807, 2.05) is 0 Å². The average Bonchev–Trinajstić information content (AvgIpc) is 2.57. The zero-order valence-electron chi connectivity index (χ0n) is 49.1. The van der Waals surface area contributed by atoms with Crippen LogP contribution in [0, 0.1) is 5.41 Å². The van der Waals surface area contributed by atoms with Crippen molar-refractivity contribution in [2.75, 3.05) is 9.80 Å². The smallest absolute Gasteiger partial charge is 0.0620 e. The van der Waals surface area contributed by atoms with Crippen LogP contribution in [0.1, 0.15) is 113 Å². The van der Waals surface area contributed by atoms with Crippen LogP contribution in [-0.2, 0) is 21.7 Å². The summed E-state index contributed by atoms with van der Waals surface area (Å²) in [6.45, 7) is 21.9. The predicted molar refractivity (Wildman–Crippen MR) is 351 cm³/mol. The molecule has 0 saturated carbocycles. The Morgan fingerprint density at radius 1 is 0.289 bits per heavy atom. The van der Waals surface area contributed by atoms with Gasteiger partial charge in [0, 0.05) is 71.4 Å². The maximum absolute atomic E-state index is 2.70. The van der Waals surface area contributed by atoms with E-state index in [9.17, 15) is 0 Å². The van der Waals surface area contributed by atoms with Gasteiger partial charge < -0.3 is 9.80 Å². The van der Waals surface area contributed by atoms with Crippen LogP contribution >= 0.6 is 0 Å². The molecule has 0 bridgehead atoms. The van der Waals surface area contributed by atoms with Gasteiger partial charge in [-0.05, 0) is 150 Å². The highest BCUT2D eigenvalue weighted by molar-refractivity contribution is 6.23. The van der Waals surface area contributed by atoms with E-state index in [0.29, 0.717) is 0 Å². The van der Waals surface area contributed by atoms with Crippen molar-refractivity contribution >= 4 is 55.6 Å². The van der Waals surface area contributed by atoms with E-state index in [1.165, 1.54) is 139 Å². The Balaban J connectivity index is 1.01. The van der Waals surface area contributed by atoms with Crippen molar-refractivity contribution in [1.82, 2.24) is 0 Å². The van der Waals surface area contributed by atoms with Crippen LogP contribution < -0.4 is 9.80 Å². The van der Waals surface area contributed by atoms with Crippen LogP contribution in [0.25, 0.3) is 71.6 Å². The number of rotatable bonds is 7. The molecule has 0 spiro atoms. The lowest BCUT2D eigenvalue weighted by atomic mass is 9.62. The van der Waals surface area contributed by atoms with Crippen LogP contribution in [-0.4, -0.2) is 0 Å². The Kier molecular flexibility index (Phi) is 10.4. The minimum Gasteiger partial charge on any atom is -0.313 e. The van der Waals surface area contributed by atoms with Crippen molar-refractivity contribution < 1.29 is 0 Å². The first kappa shape index (κ1) is 49.8. The van der Waals surface area contributed by atoms with Crippen molar-refractivity contribution in [3.63, 3.8) is 0 Å². The number of benzene rings is 11. The lowest BCUT2D eigenvalue weighted by molar-refractivity contribution is 0.264. The molecule has 2 nitrogen and oxygen atoms in total. The molecular weight excluding hydrogens is 1000 g/mol. The molecule has 2 heteroatoms. The zero-order valence-corrected chi connectivity index (χ0v) is 49.1. The summed E-state index contributed by atoms with van der Waals surface area (Å²) in [4.78, 5) is 5.33. The van der Waals surface area contributed by atoms with E-state index < -0.39 is 0 Å². The molecule has 11 aromatic carbocycles. The second-order valence-corrected chi connectivity index (χ2v) is 26.7. The summed E-state index contributed by atoms with van der Waals surface area (Å²) in [5.74, 6) is 0. The molecule has 5 aliphatic rings. The highest BCUT2D eigenvalue weighted by Gasteiger charge is 2.54. The Hall–Kier alpha value is -8.98. The van der Waals surface area contributed by atoms with E-state index in [4.69, 9.17) is 0 Å². The third-order valence-electron chi connectivity index (χ3n) is 21.1. The number of hydrogen-bond donors (Lipinski definition) is 0. The molecule has 402 valence electrons. The topological polar surface area (TPSA) is 6.48 Å². The summed E-state index contributed by atoms with van der Waals surface area (Å²) in [5.41, 5.74) is 29.0. The summed E-state index contributed by atoms with van der Waals surface area (Å²) >= 11 is 0. The number of nitrogens with zero attached hydrogens (tertiary/aromatic N) is 2. The summed E-state index contributed by atoms with van der Waals surface area (Å²) in [6.07, 6.45) is 5.80. The van der Waals surface area contributed by atoms with Crippen LogP contribution in [0.4, 0.5) is 28.4 Å². The monoisotopic (exact) mass is 1070 g/mol. The van der Waals surface area contributed by atoms with E-state index in [2.05, 4.69) is 309 Å². The van der Waals surface area contributed by atoms with E-state index in [0.717, 1.165) is 17.8 Å². The minimum absolute atomic E-state index is 0.130. The highest BCUT2D eigenvalue weighted by atomic mass is 15.2. The third kappa shape index (κ3) is 6.78. The van der Waals surface area contributed by atoms with Crippen molar-refractivity contribution in [1.29, 1.82) is 0 Å². The predicted octanol–water partition coefficient (Wildman–Crippen LogP) is 21.9. The molecule has 0 radical (unpaired) electrons. The summed E-state index contributed by atoms with van der Waals surface area (Å²) in [6, 6.07) is 86.0. The van der Waals surface area contributed by atoms with Crippen molar-refractivity contribution in [3.05, 3.63) is 287 Å². The van der Waals surface area contributed by atoms with Crippen molar-refractivity contribution in [2.45, 2.75) is 90.4 Å². The van der Waals surface area contributed by atoms with Crippen LogP contribution in [0.5, 0.6) is 0 Å². The first-order valence-electron chi connectivity index (χ1n) is 30.0. The molecule has 1 unspecified atom stereocenters. The normalized spacial score (nSPS) is 18.2. The van der Waals surface area contributed by atoms with Gasteiger partial charge in [-0.3, -0.25) is 0 Å². The molecule has 83 heavy (non-hydrogen) atoms. The zero-order chi connectivity index (χ0) is 56.5. The first-order valence-corrected chi connectivity index (χ1v) is 30.0. The van der Waals surface area contributed by atoms with Crippen LogP contribution in [0.3, 0.4) is 0 Å². The fraction of sp³-hybridized carbons (Fsp3) is 0.185. The molecule has 16 rings (SSSR count). The molecule has 11 aromatic rings. The van der Waals surface area contributed by atoms with Gasteiger partial charge in [0.25, 0.3) is 0 Å². The molecule has 0 amide bonds. The van der Waals surface area contributed by atoms with E-state index in [-0.39, 0.29) is 27.1 Å². The van der Waals surface area contributed by atoms with E-state index in [1.54, 1.807) is 0 Å². The SMILES string of the molecule is CC1(C)c2ccccc2-c2cc(N(c3ccc4c(c3)C(C)(C)c3ccccc3-4)c3c4ccccc4c(N(C4=CC=C5c6ccccc6C(C)(C)C5(C)C4)c4ccc5c(c4)C(C)(C)c4ccccc4-5)c4cc(-c5ccccc5)ccc34)ccc21. The lowest BCUT2D eigenvalue weighted by Crippen LogP contribution is -2.38. The maximum atomic E-state index is 2.70. The quantitative estimate of drug-likeness (QED) is 0.116. The summed E-state index contributed by atoms with van der Waals surface area (Å²) < 4.78 is 0. The van der Waals surface area contributed by atoms with E-state index >= 15 is 0 Å². The highest BCUT2D eigenvalue weighted by Crippen LogP contribution is 2.64. The van der Waals surface area contributed by atoms with Gasteiger partial charge in [-0.1, -0.05) is 250 Å².